The molecule has 6 heteroatoms. The molecule has 0 aromatic carbocycles. The summed E-state index contributed by atoms with van der Waals surface area (Å²) in [6, 6.07) is 5.79. The fourth-order valence-electron chi connectivity index (χ4n) is 2.13. The Bertz CT molecular complexity index is 733. The molecular formula is C14H14N4OS. The summed E-state index contributed by atoms with van der Waals surface area (Å²) in [5.74, 6) is 1.44. The van der Waals surface area contributed by atoms with Crippen LogP contribution in [-0.2, 0) is 7.05 Å². The van der Waals surface area contributed by atoms with E-state index >= 15 is 0 Å². The summed E-state index contributed by atoms with van der Waals surface area (Å²) < 4.78 is 7.07. The number of rotatable bonds is 3. The topological polar surface area (TPSA) is 66.0 Å². The molecule has 0 unspecified atom stereocenters. The lowest BCUT2D eigenvalue weighted by Crippen LogP contribution is -1.97. The molecule has 0 amide bonds. The molecular weight excluding hydrogens is 272 g/mol. The smallest absolute Gasteiger partial charge is 0.139 e. The van der Waals surface area contributed by atoms with Crippen molar-refractivity contribution >= 4 is 17.2 Å². The summed E-state index contributed by atoms with van der Waals surface area (Å²) in [6.45, 7) is 0. The van der Waals surface area contributed by atoms with Crippen LogP contribution in [-0.4, -0.2) is 21.9 Å². The average Bonchev–Trinajstić information content (AvgIpc) is 3.05. The molecule has 20 heavy (non-hydrogen) atoms. The molecule has 0 atom stereocenters. The van der Waals surface area contributed by atoms with Crippen LogP contribution in [0.4, 0.5) is 5.82 Å². The number of anilines is 1. The van der Waals surface area contributed by atoms with E-state index in [4.69, 9.17) is 10.5 Å². The van der Waals surface area contributed by atoms with E-state index in [0.717, 1.165) is 27.4 Å². The number of aromatic nitrogens is 3. The molecule has 2 N–H and O–H groups in total. The highest BCUT2D eigenvalue weighted by Crippen LogP contribution is 2.42. The van der Waals surface area contributed by atoms with Crippen molar-refractivity contribution in [3.05, 3.63) is 36.0 Å². The van der Waals surface area contributed by atoms with Gasteiger partial charge in [-0.3, -0.25) is 9.67 Å². The minimum absolute atomic E-state index is 0.627. The van der Waals surface area contributed by atoms with Crippen molar-refractivity contribution in [2.24, 2.45) is 7.05 Å². The predicted molar refractivity (Wildman–Crippen MR) is 80.7 cm³/mol. The fourth-order valence-corrected chi connectivity index (χ4v) is 2.98. The van der Waals surface area contributed by atoms with Crippen LogP contribution in [0, 0.1) is 0 Å². The van der Waals surface area contributed by atoms with Crippen LogP contribution < -0.4 is 10.5 Å². The number of thiophene rings is 1. The first-order valence-corrected chi connectivity index (χ1v) is 6.95. The number of methoxy groups -OCH3 is 1. The molecule has 5 nitrogen and oxygen atoms in total. The van der Waals surface area contributed by atoms with Crippen LogP contribution in [0.3, 0.4) is 0 Å². The van der Waals surface area contributed by atoms with Gasteiger partial charge in [-0.2, -0.15) is 5.10 Å². The van der Waals surface area contributed by atoms with Gasteiger partial charge in [-0.25, -0.2) is 0 Å². The van der Waals surface area contributed by atoms with Crippen molar-refractivity contribution in [3.8, 4) is 27.4 Å². The number of nitrogens with zero attached hydrogens (tertiary/aromatic N) is 3. The highest BCUT2D eigenvalue weighted by molar-refractivity contribution is 7.14. The lowest BCUT2D eigenvalue weighted by molar-refractivity contribution is 0.418. The number of pyridine rings is 1. The summed E-state index contributed by atoms with van der Waals surface area (Å²) in [6.07, 6.45) is 3.49. The van der Waals surface area contributed by atoms with Crippen LogP contribution in [0.1, 0.15) is 0 Å². The Kier molecular flexibility index (Phi) is 3.15. The number of aryl methyl sites for hydroxylation is 1. The van der Waals surface area contributed by atoms with E-state index in [2.05, 4.69) is 10.1 Å². The Morgan fingerprint density at radius 3 is 2.70 bits per heavy atom. The molecule has 0 fully saturated rings. The van der Waals surface area contributed by atoms with Crippen molar-refractivity contribution in [1.29, 1.82) is 0 Å². The standard InChI is InChI=1S/C14H14N4OS/c1-18-14(15)11(9-3-6-16-7-4-9)12(17-18)13-10(19-2)5-8-20-13/h3-8H,15H2,1-2H3. The predicted octanol–water partition coefficient (Wildman–Crippen LogP) is 2.80. The summed E-state index contributed by atoms with van der Waals surface area (Å²) in [4.78, 5) is 5.02. The summed E-state index contributed by atoms with van der Waals surface area (Å²) in [5, 5.41) is 6.52. The highest BCUT2D eigenvalue weighted by atomic mass is 32.1. The third kappa shape index (κ3) is 1.94. The normalized spacial score (nSPS) is 10.7. The summed E-state index contributed by atoms with van der Waals surface area (Å²) >= 11 is 1.59. The van der Waals surface area contributed by atoms with Gasteiger partial charge in [0.1, 0.15) is 17.3 Å². The van der Waals surface area contributed by atoms with Crippen LogP contribution in [0.5, 0.6) is 5.75 Å². The molecule has 102 valence electrons. The van der Waals surface area contributed by atoms with Gasteiger partial charge in [0.15, 0.2) is 0 Å². The van der Waals surface area contributed by atoms with Gasteiger partial charge in [-0.15, -0.1) is 11.3 Å². The minimum Gasteiger partial charge on any atom is -0.495 e. The fraction of sp³-hybridized carbons (Fsp3) is 0.143. The Balaban J connectivity index is 2.25. The van der Waals surface area contributed by atoms with Crippen molar-refractivity contribution in [2.45, 2.75) is 0 Å². The second-order valence-corrected chi connectivity index (χ2v) is 5.20. The molecule has 0 aliphatic carbocycles. The van der Waals surface area contributed by atoms with E-state index in [-0.39, 0.29) is 0 Å². The average molecular weight is 286 g/mol. The molecule has 3 rings (SSSR count). The molecule has 0 radical (unpaired) electrons. The van der Waals surface area contributed by atoms with Crippen LogP contribution in [0.2, 0.25) is 0 Å². The van der Waals surface area contributed by atoms with Crippen LogP contribution in [0.25, 0.3) is 21.7 Å². The molecule has 3 aromatic heterocycles. The van der Waals surface area contributed by atoms with Crippen molar-refractivity contribution < 1.29 is 4.74 Å². The van der Waals surface area contributed by atoms with Crippen molar-refractivity contribution in [3.63, 3.8) is 0 Å². The van der Waals surface area contributed by atoms with Crippen molar-refractivity contribution in [1.82, 2.24) is 14.8 Å². The van der Waals surface area contributed by atoms with Gasteiger partial charge in [-0.1, -0.05) is 0 Å². The monoisotopic (exact) mass is 286 g/mol. The SMILES string of the molecule is COc1ccsc1-c1nn(C)c(N)c1-c1ccncc1. The minimum atomic E-state index is 0.627. The van der Waals surface area contributed by atoms with E-state index in [1.807, 2.05) is 30.6 Å². The zero-order valence-electron chi connectivity index (χ0n) is 11.2. The first-order chi connectivity index (χ1) is 9.72. The lowest BCUT2D eigenvalue weighted by atomic mass is 10.1. The van der Waals surface area contributed by atoms with Gasteiger partial charge >= 0.3 is 0 Å². The number of nitrogens with two attached hydrogens (primary N) is 1. The van der Waals surface area contributed by atoms with E-state index < -0.39 is 0 Å². The third-order valence-corrected chi connectivity index (χ3v) is 4.03. The summed E-state index contributed by atoms with van der Waals surface area (Å²) in [5.41, 5.74) is 8.92. The van der Waals surface area contributed by atoms with Crippen molar-refractivity contribution in [2.75, 3.05) is 12.8 Å². The Morgan fingerprint density at radius 1 is 1.25 bits per heavy atom. The molecule has 3 heterocycles. The number of ether oxygens (including phenoxy) is 1. The van der Waals surface area contributed by atoms with E-state index in [0.29, 0.717) is 5.82 Å². The second kappa shape index (κ2) is 4.97. The Labute approximate surface area is 120 Å². The maximum Gasteiger partial charge on any atom is 0.139 e. The second-order valence-electron chi connectivity index (χ2n) is 4.29. The zero-order chi connectivity index (χ0) is 14.1. The molecule has 0 saturated carbocycles. The first kappa shape index (κ1) is 12.7. The Hall–Kier alpha value is -2.34. The van der Waals surface area contributed by atoms with Gasteiger partial charge in [0.2, 0.25) is 0 Å². The van der Waals surface area contributed by atoms with E-state index in [1.54, 1.807) is 35.5 Å². The van der Waals surface area contributed by atoms with Gasteiger partial charge in [-0.05, 0) is 29.1 Å². The number of hydrogen-bond acceptors (Lipinski definition) is 5. The Morgan fingerprint density at radius 2 is 2.00 bits per heavy atom. The van der Waals surface area contributed by atoms with Gasteiger partial charge in [0.05, 0.1) is 17.6 Å². The van der Waals surface area contributed by atoms with Crippen LogP contribution in [0.15, 0.2) is 36.0 Å². The van der Waals surface area contributed by atoms with E-state index in [1.165, 1.54) is 0 Å². The van der Waals surface area contributed by atoms with Gasteiger partial charge in [0, 0.05) is 19.4 Å². The largest absolute Gasteiger partial charge is 0.495 e. The first-order valence-electron chi connectivity index (χ1n) is 6.07. The van der Waals surface area contributed by atoms with Gasteiger partial charge in [0.25, 0.3) is 0 Å². The maximum atomic E-state index is 6.18. The molecule has 0 aliphatic rings. The zero-order valence-corrected chi connectivity index (χ0v) is 12.0. The van der Waals surface area contributed by atoms with E-state index in [9.17, 15) is 0 Å². The molecule has 0 saturated heterocycles. The highest BCUT2D eigenvalue weighted by Gasteiger charge is 2.20. The molecule has 0 spiro atoms. The van der Waals surface area contributed by atoms with Crippen LogP contribution >= 0.6 is 11.3 Å². The number of hydrogen-bond donors (Lipinski definition) is 1. The molecule has 3 aromatic rings. The molecule has 0 aliphatic heterocycles. The van der Waals surface area contributed by atoms with Gasteiger partial charge < -0.3 is 10.5 Å². The number of nitrogen functional groups attached to an aromatic ring is 1. The maximum absolute atomic E-state index is 6.18. The molecule has 0 bridgehead atoms. The third-order valence-electron chi connectivity index (χ3n) is 3.12. The lowest BCUT2D eigenvalue weighted by Gasteiger charge is -2.04. The quantitative estimate of drug-likeness (QED) is 0.804. The summed E-state index contributed by atoms with van der Waals surface area (Å²) in [7, 11) is 3.49.